The Bertz CT molecular complexity index is 728. The summed E-state index contributed by atoms with van der Waals surface area (Å²) in [6.45, 7) is 7.94. The molecular weight excluding hydrogens is 296 g/mol. The maximum atomic E-state index is 13.2. The van der Waals surface area contributed by atoms with Crippen molar-refractivity contribution in [1.29, 1.82) is 0 Å². The van der Waals surface area contributed by atoms with Crippen LogP contribution in [0.25, 0.3) is 10.9 Å². The van der Waals surface area contributed by atoms with Gasteiger partial charge in [0.25, 0.3) is 0 Å². The molecule has 0 N–H and O–H groups in total. The SMILES string of the molecule is CCC(C)N(C(C)CC)S(=O)(=O)c1cccc2cccnc12. The van der Waals surface area contributed by atoms with Gasteiger partial charge in [0.2, 0.25) is 10.0 Å². The summed E-state index contributed by atoms with van der Waals surface area (Å²) in [4.78, 5) is 4.59. The van der Waals surface area contributed by atoms with Crippen LogP contribution in [0, 0.1) is 0 Å². The number of fused-ring (bicyclic) bond motifs is 1. The predicted octanol–water partition coefficient (Wildman–Crippen LogP) is 3.82. The highest BCUT2D eigenvalue weighted by Crippen LogP contribution is 2.28. The second-order valence-corrected chi connectivity index (χ2v) is 7.49. The van der Waals surface area contributed by atoms with Gasteiger partial charge in [0.1, 0.15) is 4.90 Å². The van der Waals surface area contributed by atoms with Crippen molar-refractivity contribution in [3.05, 3.63) is 36.5 Å². The van der Waals surface area contributed by atoms with Crippen molar-refractivity contribution in [2.45, 2.75) is 57.5 Å². The number of pyridine rings is 1. The van der Waals surface area contributed by atoms with Gasteiger partial charge in [-0.2, -0.15) is 4.31 Å². The maximum Gasteiger partial charge on any atom is 0.245 e. The number of para-hydroxylation sites is 1. The summed E-state index contributed by atoms with van der Waals surface area (Å²) in [5.74, 6) is 0. The first-order valence-electron chi connectivity index (χ1n) is 7.80. The molecule has 0 amide bonds. The van der Waals surface area contributed by atoms with Crippen LogP contribution >= 0.6 is 0 Å². The van der Waals surface area contributed by atoms with Crippen molar-refractivity contribution >= 4 is 20.9 Å². The summed E-state index contributed by atoms with van der Waals surface area (Å²) >= 11 is 0. The Balaban J connectivity index is 2.64. The van der Waals surface area contributed by atoms with Gasteiger partial charge in [0.15, 0.2) is 0 Å². The summed E-state index contributed by atoms with van der Waals surface area (Å²) in [6, 6.07) is 8.94. The average Bonchev–Trinajstić information content (AvgIpc) is 2.53. The van der Waals surface area contributed by atoms with E-state index in [0.717, 1.165) is 18.2 Å². The van der Waals surface area contributed by atoms with Gasteiger partial charge >= 0.3 is 0 Å². The van der Waals surface area contributed by atoms with Crippen molar-refractivity contribution < 1.29 is 8.42 Å². The molecule has 2 rings (SSSR count). The Morgan fingerprint density at radius 2 is 1.64 bits per heavy atom. The third-order valence-electron chi connectivity index (χ3n) is 4.20. The molecule has 2 aromatic rings. The summed E-state index contributed by atoms with van der Waals surface area (Å²) in [6.07, 6.45) is 3.20. The highest BCUT2D eigenvalue weighted by Gasteiger charge is 2.33. The first-order valence-corrected chi connectivity index (χ1v) is 9.24. The fraction of sp³-hybridized carbons (Fsp3) is 0.471. The second kappa shape index (κ2) is 6.75. The van der Waals surface area contributed by atoms with Crippen LogP contribution in [0.2, 0.25) is 0 Å². The highest BCUT2D eigenvalue weighted by atomic mass is 32.2. The lowest BCUT2D eigenvalue weighted by atomic mass is 10.2. The first kappa shape index (κ1) is 16.9. The molecule has 1 aromatic carbocycles. The Labute approximate surface area is 133 Å². The maximum absolute atomic E-state index is 13.2. The van der Waals surface area contributed by atoms with E-state index in [4.69, 9.17) is 0 Å². The van der Waals surface area contributed by atoms with Crippen LogP contribution in [-0.4, -0.2) is 29.8 Å². The Hall–Kier alpha value is -1.46. The zero-order valence-electron chi connectivity index (χ0n) is 13.7. The molecule has 0 spiro atoms. The van der Waals surface area contributed by atoms with Crippen LogP contribution in [0.1, 0.15) is 40.5 Å². The number of hydrogen-bond acceptors (Lipinski definition) is 3. The van der Waals surface area contributed by atoms with Gasteiger partial charge in [-0.15, -0.1) is 0 Å². The number of sulfonamides is 1. The first-order chi connectivity index (χ1) is 10.4. The van der Waals surface area contributed by atoms with E-state index < -0.39 is 10.0 Å². The molecule has 22 heavy (non-hydrogen) atoms. The van der Waals surface area contributed by atoms with Crippen LogP contribution in [0.5, 0.6) is 0 Å². The molecule has 2 atom stereocenters. The van der Waals surface area contributed by atoms with Gasteiger partial charge in [0, 0.05) is 23.7 Å². The van der Waals surface area contributed by atoms with Gasteiger partial charge in [-0.05, 0) is 38.8 Å². The molecule has 1 heterocycles. The highest BCUT2D eigenvalue weighted by molar-refractivity contribution is 7.89. The topological polar surface area (TPSA) is 50.3 Å². The smallest absolute Gasteiger partial charge is 0.245 e. The Morgan fingerprint density at radius 1 is 1.05 bits per heavy atom. The minimum Gasteiger partial charge on any atom is -0.255 e. The van der Waals surface area contributed by atoms with E-state index >= 15 is 0 Å². The summed E-state index contributed by atoms with van der Waals surface area (Å²) in [5.41, 5.74) is 0.543. The molecule has 0 saturated heterocycles. The number of nitrogens with zero attached hydrogens (tertiary/aromatic N) is 2. The molecule has 1 aromatic heterocycles. The third kappa shape index (κ3) is 3.01. The molecule has 5 heteroatoms. The number of aromatic nitrogens is 1. The Morgan fingerprint density at radius 3 is 2.23 bits per heavy atom. The van der Waals surface area contributed by atoms with E-state index in [0.29, 0.717) is 10.4 Å². The van der Waals surface area contributed by atoms with E-state index in [9.17, 15) is 8.42 Å². The molecule has 0 bridgehead atoms. The Kier molecular flexibility index (Phi) is 5.19. The summed E-state index contributed by atoms with van der Waals surface area (Å²) < 4.78 is 28.1. The average molecular weight is 320 g/mol. The van der Waals surface area contributed by atoms with E-state index in [1.807, 2.05) is 45.9 Å². The molecule has 2 unspecified atom stereocenters. The van der Waals surface area contributed by atoms with Crippen molar-refractivity contribution in [2.24, 2.45) is 0 Å². The quantitative estimate of drug-likeness (QED) is 0.813. The minimum atomic E-state index is -3.58. The molecule has 0 aliphatic rings. The summed E-state index contributed by atoms with van der Waals surface area (Å²) in [5, 5.41) is 0.844. The van der Waals surface area contributed by atoms with E-state index in [1.54, 1.807) is 22.6 Å². The monoisotopic (exact) mass is 320 g/mol. The van der Waals surface area contributed by atoms with E-state index in [-0.39, 0.29) is 12.1 Å². The van der Waals surface area contributed by atoms with Gasteiger partial charge < -0.3 is 0 Å². The molecule has 0 aliphatic carbocycles. The molecule has 0 aliphatic heterocycles. The molecule has 120 valence electrons. The normalized spacial score (nSPS) is 15.1. The second-order valence-electron chi connectivity index (χ2n) is 5.68. The molecular formula is C17H24N2O2S. The van der Waals surface area contributed by atoms with Crippen LogP contribution in [0.3, 0.4) is 0 Å². The van der Waals surface area contributed by atoms with Crippen molar-refractivity contribution in [3.63, 3.8) is 0 Å². The third-order valence-corrected chi connectivity index (χ3v) is 6.36. The zero-order valence-corrected chi connectivity index (χ0v) is 14.5. The zero-order chi connectivity index (χ0) is 16.3. The standard InChI is InChI=1S/C17H24N2O2S/c1-5-13(3)19(14(4)6-2)22(20,21)16-11-7-9-15-10-8-12-18-17(15)16/h7-14H,5-6H2,1-4H3. The predicted molar refractivity (Wildman–Crippen MR) is 90.3 cm³/mol. The summed E-state index contributed by atoms with van der Waals surface area (Å²) in [7, 11) is -3.58. The van der Waals surface area contributed by atoms with Crippen molar-refractivity contribution in [1.82, 2.24) is 9.29 Å². The van der Waals surface area contributed by atoms with Crippen LogP contribution in [0.4, 0.5) is 0 Å². The van der Waals surface area contributed by atoms with Crippen LogP contribution < -0.4 is 0 Å². The molecule has 0 saturated carbocycles. The van der Waals surface area contributed by atoms with Gasteiger partial charge in [-0.3, -0.25) is 4.98 Å². The lowest BCUT2D eigenvalue weighted by Gasteiger charge is -2.32. The van der Waals surface area contributed by atoms with Crippen LogP contribution in [0.15, 0.2) is 41.4 Å². The number of hydrogen-bond donors (Lipinski definition) is 0. The molecule has 0 fully saturated rings. The largest absolute Gasteiger partial charge is 0.255 e. The molecule has 0 radical (unpaired) electrons. The van der Waals surface area contributed by atoms with Gasteiger partial charge in [0.05, 0.1) is 5.52 Å². The van der Waals surface area contributed by atoms with E-state index in [2.05, 4.69) is 4.98 Å². The lowest BCUT2D eigenvalue weighted by molar-refractivity contribution is 0.263. The van der Waals surface area contributed by atoms with Crippen molar-refractivity contribution in [3.8, 4) is 0 Å². The van der Waals surface area contributed by atoms with Crippen molar-refractivity contribution in [2.75, 3.05) is 0 Å². The van der Waals surface area contributed by atoms with Crippen LogP contribution in [-0.2, 0) is 10.0 Å². The fourth-order valence-electron chi connectivity index (χ4n) is 2.67. The lowest BCUT2D eigenvalue weighted by Crippen LogP contribution is -2.44. The minimum absolute atomic E-state index is 0.0427. The van der Waals surface area contributed by atoms with Gasteiger partial charge in [-0.1, -0.05) is 32.0 Å². The number of benzene rings is 1. The van der Waals surface area contributed by atoms with Gasteiger partial charge in [-0.25, -0.2) is 8.42 Å². The molecule has 4 nitrogen and oxygen atoms in total. The van der Waals surface area contributed by atoms with E-state index in [1.165, 1.54) is 0 Å². The number of rotatable bonds is 6. The fourth-order valence-corrected chi connectivity index (χ4v) is 4.80.